The summed E-state index contributed by atoms with van der Waals surface area (Å²) in [4.78, 5) is 0. The predicted molar refractivity (Wildman–Crippen MR) is 99.2 cm³/mol. The van der Waals surface area contributed by atoms with Crippen molar-refractivity contribution in [1.82, 2.24) is 0 Å². The molecule has 138 valence electrons. The first-order valence-corrected chi connectivity index (χ1v) is 9.83. The van der Waals surface area contributed by atoms with Gasteiger partial charge in [-0.3, -0.25) is 0 Å². The zero-order chi connectivity index (χ0) is 18.2. The number of hydrogen-bond acceptors (Lipinski definition) is 3. The van der Waals surface area contributed by atoms with Gasteiger partial charge in [0, 0.05) is 17.5 Å². The van der Waals surface area contributed by atoms with Gasteiger partial charge in [0.25, 0.3) is 0 Å². The summed E-state index contributed by atoms with van der Waals surface area (Å²) < 4.78 is 6.54. The topological polar surface area (TPSA) is 49.7 Å². The molecule has 3 heteroatoms. The van der Waals surface area contributed by atoms with Crippen molar-refractivity contribution in [2.24, 2.45) is 22.7 Å². The first-order chi connectivity index (χ1) is 11.6. The molecule has 5 atom stereocenters. The Bertz CT molecular complexity index is 709. The molecule has 2 N–H and O–H groups in total. The molecule has 2 aliphatic carbocycles. The third-order valence-electron chi connectivity index (χ3n) is 8.01. The van der Waals surface area contributed by atoms with E-state index in [1.807, 2.05) is 0 Å². The molecule has 0 bridgehead atoms. The highest BCUT2D eigenvalue weighted by molar-refractivity contribution is 5.52. The Labute approximate surface area is 151 Å². The maximum absolute atomic E-state index is 10.0. The van der Waals surface area contributed by atoms with E-state index in [4.69, 9.17) is 4.74 Å². The van der Waals surface area contributed by atoms with Crippen LogP contribution >= 0.6 is 0 Å². The lowest BCUT2D eigenvalue weighted by atomic mass is 9.43. The van der Waals surface area contributed by atoms with E-state index in [-0.39, 0.29) is 22.5 Å². The number of rotatable bonds is 0. The Morgan fingerprint density at radius 2 is 1.68 bits per heavy atom. The van der Waals surface area contributed by atoms with Crippen LogP contribution in [0.4, 0.5) is 0 Å². The van der Waals surface area contributed by atoms with Crippen LogP contribution in [0.15, 0.2) is 12.1 Å². The smallest absolute Gasteiger partial charge is 0.161 e. The van der Waals surface area contributed by atoms with Gasteiger partial charge in [0.1, 0.15) is 11.4 Å². The Morgan fingerprint density at radius 1 is 1.00 bits per heavy atom. The van der Waals surface area contributed by atoms with Crippen molar-refractivity contribution in [3.63, 3.8) is 0 Å². The minimum atomic E-state index is -0.200. The van der Waals surface area contributed by atoms with E-state index in [0.717, 1.165) is 17.7 Å². The van der Waals surface area contributed by atoms with Crippen LogP contribution in [0.5, 0.6) is 17.2 Å². The molecule has 0 amide bonds. The molecule has 0 aromatic heterocycles. The summed E-state index contributed by atoms with van der Waals surface area (Å²) in [5, 5.41) is 19.9. The molecule has 1 heterocycles. The summed E-state index contributed by atoms with van der Waals surface area (Å²) in [7, 11) is 0. The Morgan fingerprint density at radius 3 is 2.40 bits per heavy atom. The van der Waals surface area contributed by atoms with Crippen molar-refractivity contribution in [2.45, 2.75) is 78.2 Å². The molecule has 1 aromatic rings. The summed E-state index contributed by atoms with van der Waals surface area (Å²) in [6.07, 6.45) is 6.13. The third kappa shape index (κ3) is 2.23. The van der Waals surface area contributed by atoms with Crippen LogP contribution in [0.25, 0.3) is 0 Å². The quantitative estimate of drug-likeness (QED) is 0.603. The minimum Gasteiger partial charge on any atom is -0.504 e. The van der Waals surface area contributed by atoms with Crippen LogP contribution < -0.4 is 4.74 Å². The molecule has 0 radical (unpaired) electrons. The van der Waals surface area contributed by atoms with Crippen LogP contribution in [0.2, 0.25) is 0 Å². The van der Waals surface area contributed by atoms with Gasteiger partial charge in [-0.1, -0.05) is 34.1 Å². The van der Waals surface area contributed by atoms with E-state index in [2.05, 4.69) is 34.6 Å². The fraction of sp³-hybridized carbons (Fsp3) is 0.727. The van der Waals surface area contributed by atoms with Gasteiger partial charge in [-0.05, 0) is 61.3 Å². The Kier molecular flexibility index (Phi) is 3.47. The van der Waals surface area contributed by atoms with E-state index >= 15 is 0 Å². The van der Waals surface area contributed by atoms with Gasteiger partial charge in [-0.2, -0.15) is 0 Å². The zero-order valence-electron chi connectivity index (χ0n) is 16.2. The molecule has 2 fully saturated rings. The van der Waals surface area contributed by atoms with Gasteiger partial charge in [0.2, 0.25) is 0 Å². The van der Waals surface area contributed by atoms with E-state index in [0.29, 0.717) is 23.2 Å². The van der Waals surface area contributed by atoms with Crippen molar-refractivity contribution >= 4 is 0 Å². The van der Waals surface area contributed by atoms with Crippen LogP contribution in [-0.2, 0) is 0 Å². The number of aromatic hydroxyl groups is 2. The molecular formula is C22H32O3. The molecular weight excluding hydrogens is 312 g/mol. The van der Waals surface area contributed by atoms with Gasteiger partial charge in [0.05, 0.1) is 0 Å². The van der Waals surface area contributed by atoms with Gasteiger partial charge < -0.3 is 14.9 Å². The van der Waals surface area contributed by atoms with Crippen LogP contribution in [0, 0.1) is 22.7 Å². The average molecular weight is 344 g/mol. The second-order valence-corrected chi connectivity index (χ2v) is 10.00. The van der Waals surface area contributed by atoms with Gasteiger partial charge in [-0.15, -0.1) is 0 Å². The van der Waals surface area contributed by atoms with Crippen molar-refractivity contribution in [2.75, 3.05) is 0 Å². The molecule has 3 nitrogen and oxygen atoms in total. The first-order valence-electron chi connectivity index (χ1n) is 9.83. The van der Waals surface area contributed by atoms with Crippen LogP contribution in [-0.4, -0.2) is 15.8 Å². The molecule has 0 unspecified atom stereocenters. The summed E-state index contributed by atoms with van der Waals surface area (Å²) in [6.45, 7) is 11.9. The lowest BCUT2D eigenvalue weighted by Crippen LogP contribution is -2.62. The summed E-state index contributed by atoms with van der Waals surface area (Å²) in [6, 6.07) is 3.32. The largest absolute Gasteiger partial charge is 0.504 e. The molecule has 3 aliphatic rings. The van der Waals surface area contributed by atoms with Crippen molar-refractivity contribution in [3.8, 4) is 17.2 Å². The maximum Gasteiger partial charge on any atom is 0.161 e. The monoisotopic (exact) mass is 344 g/mol. The van der Waals surface area contributed by atoms with E-state index in [1.54, 1.807) is 12.1 Å². The number of phenolic OH excluding ortho intramolecular Hbond substituents is 2. The third-order valence-corrected chi connectivity index (χ3v) is 8.01. The molecule has 1 aliphatic heterocycles. The summed E-state index contributed by atoms with van der Waals surface area (Å²) in [5.74, 6) is 2.06. The number of benzene rings is 1. The lowest BCUT2D eigenvalue weighted by Gasteiger charge is -2.64. The van der Waals surface area contributed by atoms with Crippen LogP contribution in [0.1, 0.15) is 78.2 Å². The van der Waals surface area contributed by atoms with Crippen molar-refractivity contribution in [3.05, 3.63) is 17.7 Å². The van der Waals surface area contributed by atoms with Crippen LogP contribution in [0.3, 0.4) is 0 Å². The highest BCUT2D eigenvalue weighted by Gasteiger charge is 2.62. The predicted octanol–water partition coefficient (Wildman–Crippen LogP) is 5.60. The highest BCUT2D eigenvalue weighted by Crippen LogP contribution is 2.67. The Hall–Kier alpha value is -1.38. The van der Waals surface area contributed by atoms with Gasteiger partial charge in [0.15, 0.2) is 11.5 Å². The first kappa shape index (κ1) is 17.1. The molecule has 0 spiro atoms. The lowest BCUT2D eigenvalue weighted by molar-refractivity contribution is -0.171. The highest BCUT2D eigenvalue weighted by atomic mass is 16.5. The molecule has 2 saturated carbocycles. The van der Waals surface area contributed by atoms with Gasteiger partial charge in [-0.25, -0.2) is 0 Å². The van der Waals surface area contributed by atoms with E-state index in [9.17, 15) is 10.2 Å². The maximum atomic E-state index is 10.0. The molecule has 4 rings (SSSR count). The molecule has 1 aromatic carbocycles. The average Bonchev–Trinajstić information content (AvgIpc) is 2.48. The fourth-order valence-corrected chi connectivity index (χ4v) is 7.21. The summed E-state index contributed by atoms with van der Waals surface area (Å²) in [5.41, 5.74) is 1.47. The SMILES string of the molecule is C[C@@H]1c2cc(O)c(O)cc2O[C@@]2(C)CC[C@H]3C(C)(C)CCC[C@]3(C)[C@@H]12. The summed E-state index contributed by atoms with van der Waals surface area (Å²) >= 11 is 0. The second kappa shape index (κ2) is 5.08. The van der Waals surface area contributed by atoms with E-state index in [1.165, 1.54) is 25.7 Å². The van der Waals surface area contributed by atoms with Crippen molar-refractivity contribution in [1.29, 1.82) is 0 Å². The fourth-order valence-electron chi connectivity index (χ4n) is 7.21. The molecule has 25 heavy (non-hydrogen) atoms. The number of hydrogen-bond donors (Lipinski definition) is 2. The van der Waals surface area contributed by atoms with Crippen molar-refractivity contribution < 1.29 is 14.9 Å². The second-order valence-electron chi connectivity index (χ2n) is 10.00. The number of ether oxygens (including phenoxy) is 1. The van der Waals surface area contributed by atoms with E-state index < -0.39 is 0 Å². The molecule has 0 saturated heterocycles. The normalized spacial score (nSPS) is 41.9. The standard InChI is InChI=1S/C22H32O3/c1-13-14-11-15(23)16(24)12-17(14)25-22(5)10-7-18-20(2,3)8-6-9-21(18,4)19(13)22/h11-13,18-19,23-24H,6-10H2,1-5H3/t13-,18+,19-,21+,22+/m1/s1. The minimum absolute atomic E-state index is 0.0423. The van der Waals surface area contributed by atoms with Gasteiger partial charge >= 0.3 is 0 Å². The zero-order valence-corrected chi connectivity index (χ0v) is 16.2. The number of fused-ring (bicyclic) bond motifs is 4. The number of phenols is 2. The Balaban J connectivity index is 1.84.